The van der Waals surface area contributed by atoms with Gasteiger partial charge in [-0.1, -0.05) is 18.2 Å². The van der Waals surface area contributed by atoms with E-state index in [1.165, 1.54) is 0 Å². The van der Waals surface area contributed by atoms with E-state index in [0.717, 1.165) is 38.5 Å². The summed E-state index contributed by atoms with van der Waals surface area (Å²) in [7, 11) is 0. The number of ether oxygens (including phenoxy) is 1. The molecule has 0 aliphatic carbocycles. The summed E-state index contributed by atoms with van der Waals surface area (Å²) < 4.78 is 5.70. The van der Waals surface area contributed by atoms with Crippen molar-refractivity contribution in [1.29, 1.82) is 0 Å². The van der Waals surface area contributed by atoms with Gasteiger partial charge in [0.2, 0.25) is 5.91 Å². The fourth-order valence-electron chi connectivity index (χ4n) is 2.43. The van der Waals surface area contributed by atoms with E-state index in [0.29, 0.717) is 13.0 Å². The lowest BCUT2D eigenvalue weighted by Crippen LogP contribution is -2.50. The number of amides is 1. The third-order valence-electron chi connectivity index (χ3n) is 3.64. The van der Waals surface area contributed by atoms with Gasteiger partial charge >= 0.3 is 0 Å². The van der Waals surface area contributed by atoms with Crippen LogP contribution >= 0.6 is 0 Å². The minimum Gasteiger partial charge on any atom is -0.492 e. The predicted octanol–water partition coefficient (Wildman–Crippen LogP) is 0.947. The molecule has 21 heavy (non-hydrogen) atoms. The molecule has 1 heterocycles. The molecule has 0 aromatic heterocycles. The van der Waals surface area contributed by atoms with E-state index in [4.69, 9.17) is 10.5 Å². The van der Waals surface area contributed by atoms with Crippen LogP contribution in [0.1, 0.15) is 13.3 Å². The van der Waals surface area contributed by atoms with Gasteiger partial charge in [-0.15, -0.1) is 0 Å². The average Bonchev–Trinajstić information content (AvgIpc) is 2.48. The van der Waals surface area contributed by atoms with Crippen molar-refractivity contribution in [2.45, 2.75) is 19.4 Å². The zero-order chi connectivity index (χ0) is 15.1. The molecule has 0 spiro atoms. The summed E-state index contributed by atoms with van der Waals surface area (Å²) in [4.78, 5) is 16.2. The van der Waals surface area contributed by atoms with Crippen molar-refractivity contribution >= 4 is 5.91 Å². The quantitative estimate of drug-likeness (QED) is 0.848. The maximum atomic E-state index is 11.9. The first-order valence-corrected chi connectivity index (χ1v) is 7.58. The van der Waals surface area contributed by atoms with Crippen molar-refractivity contribution in [2.24, 2.45) is 5.73 Å². The number of nitrogens with zero attached hydrogens (tertiary/aromatic N) is 2. The normalized spacial score (nSPS) is 17.5. The molecule has 2 rings (SSSR count). The molecule has 2 N–H and O–H groups in total. The van der Waals surface area contributed by atoms with Crippen LogP contribution in [0.3, 0.4) is 0 Å². The second-order valence-corrected chi connectivity index (χ2v) is 5.57. The van der Waals surface area contributed by atoms with Gasteiger partial charge in [-0.05, 0) is 19.1 Å². The lowest BCUT2D eigenvalue weighted by atomic mass is 10.2. The minimum absolute atomic E-state index is 0.0604. The van der Waals surface area contributed by atoms with Crippen LogP contribution in [0.25, 0.3) is 0 Å². The van der Waals surface area contributed by atoms with Crippen LogP contribution in [-0.2, 0) is 4.79 Å². The lowest BCUT2D eigenvalue weighted by molar-refractivity contribution is -0.133. The van der Waals surface area contributed by atoms with Gasteiger partial charge in [0.25, 0.3) is 0 Å². The molecule has 1 saturated heterocycles. The predicted molar refractivity (Wildman–Crippen MR) is 83.2 cm³/mol. The molecule has 1 unspecified atom stereocenters. The summed E-state index contributed by atoms with van der Waals surface area (Å²) in [5, 5.41) is 0. The number of carbonyl (C=O) groups is 1. The molecule has 0 bridgehead atoms. The van der Waals surface area contributed by atoms with Crippen molar-refractivity contribution in [3.8, 4) is 5.75 Å². The maximum Gasteiger partial charge on any atom is 0.224 e. The Kier molecular flexibility index (Phi) is 6.02. The number of para-hydroxylation sites is 1. The van der Waals surface area contributed by atoms with Crippen LogP contribution in [0, 0.1) is 0 Å². The van der Waals surface area contributed by atoms with Crippen molar-refractivity contribution in [2.75, 3.05) is 39.3 Å². The first-order valence-electron chi connectivity index (χ1n) is 7.58. The third-order valence-corrected chi connectivity index (χ3v) is 3.64. The molecule has 1 fully saturated rings. The number of nitrogens with two attached hydrogens (primary N) is 1. The zero-order valence-electron chi connectivity index (χ0n) is 12.7. The van der Waals surface area contributed by atoms with Crippen molar-refractivity contribution in [3.05, 3.63) is 30.3 Å². The standard InChI is InChI=1S/C16H25N3O2/c1-14(17)13-16(20)19-9-7-18(8-10-19)11-12-21-15-5-3-2-4-6-15/h2-6,14H,7-13,17H2,1H3. The van der Waals surface area contributed by atoms with Crippen LogP contribution in [0.15, 0.2) is 30.3 Å². The lowest BCUT2D eigenvalue weighted by Gasteiger charge is -2.35. The maximum absolute atomic E-state index is 11.9. The average molecular weight is 291 g/mol. The smallest absolute Gasteiger partial charge is 0.224 e. The van der Waals surface area contributed by atoms with Crippen LogP contribution in [-0.4, -0.2) is 61.1 Å². The number of piperazine rings is 1. The summed E-state index contributed by atoms with van der Waals surface area (Å²) in [5.41, 5.74) is 5.67. The van der Waals surface area contributed by atoms with E-state index in [1.807, 2.05) is 42.2 Å². The molecular weight excluding hydrogens is 266 g/mol. The molecule has 5 heteroatoms. The molecule has 1 aliphatic rings. The molecule has 116 valence electrons. The van der Waals surface area contributed by atoms with E-state index in [9.17, 15) is 4.79 Å². The molecular formula is C16H25N3O2. The van der Waals surface area contributed by atoms with Crippen LogP contribution in [0.4, 0.5) is 0 Å². The Labute approximate surface area is 126 Å². The summed E-state index contributed by atoms with van der Waals surface area (Å²) in [5.74, 6) is 1.08. The second kappa shape index (κ2) is 8.00. The monoisotopic (exact) mass is 291 g/mol. The highest BCUT2D eigenvalue weighted by Crippen LogP contribution is 2.09. The Morgan fingerprint density at radius 2 is 1.90 bits per heavy atom. The van der Waals surface area contributed by atoms with E-state index < -0.39 is 0 Å². The zero-order valence-corrected chi connectivity index (χ0v) is 12.7. The first-order chi connectivity index (χ1) is 10.1. The minimum atomic E-state index is -0.0604. The Hall–Kier alpha value is -1.59. The van der Waals surface area contributed by atoms with Gasteiger partial charge in [0, 0.05) is 45.2 Å². The van der Waals surface area contributed by atoms with Gasteiger partial charge in [0.05, 0.1) is 0 Å². The largest absolute Gasteiger partial charge is 0.492 e. The molecule has 5 nitrogen and oxygen atoms in total. The first kappa shape index (κ1) is 15.8. The third kappa shape index (κ3) is 5.36. The Morgan fingerprint density at radius 1 is 1.24 bits per heavy atom. The van der Waals surface area contributed by atoms with Crippen LogP contribution < -0.4 is 10.5 Å². The number of rotatable bonds is 6. The van der Waals surface area contributed by atoms with Gasteiger partial charge in [0.1, 0.15) is 12.4 Å². The van der Waals surface area contributed by atoms with E-state index >= 15 is 0 Å². The Morgan fingerprint density at radius 3 is 2.52 bits per heavy atom. The van der Waals surface area contributed by atoms with E-state index in [2.05, 4.69) is 4.90 Å². The van der Waals surface area contributed by atoms with Crippen LogP contribution in [0.5, 0.6) is 5.75 Å². The molecule has 0 saturated carbocycles. The van der Waals surface area contributed by atoms with Gasteiger partial charge < -0.3 is 15.4 Å². The Balaban J connectivity index is 1.64. The fourth-order valence-corrected chi connectivity index (χ4v) is 2.43. The van der Waals surface area contributed by atoms with Gasteiger partial charge in [-0.3, -0.25) is 9.69 Å². The highest BCUT2D eigenvalue weighted by atomic mass is 16.5. The second-order valence-electron chi connectivity index (χ2n) is 5.57. The molecule has 1 aliphatic heterocycles. The molecule has 1 aromatic carbocycles. The van der Waals surface area contributed by atoms with Gasteiger partial charge in [-0.2, -0.15) is 0 Å². The fraction of sp³-hybridized carbons (Fsp3) is 0.562. The molecule has 1 atom stereocenters. The molecule has 1 amide bonds. The summed E-state index contributed by atoms with van der Waals surface area (Å²) in [6.45, 7) is 6.83. The van der Waals surface area contributed by atoms with Gasteiger partial charge in [-0.25, -0.2) is 0 Å². The topological polar surface area (TPSA) is 58.8 Å². The Bertz CT molecular complexity index is 428. The summed E-state index contributed by atoms with van der Waals surface area (Å²) in [6, 6.07) is 9.78. The van der Waals surface area contributed by atoms with Crippen LogP contribution in [0.2, 0.25) is 0 Å². The highest BCUT2D eigenvalue weighted by Gasteiger charge is 2.21. The van der Waals surface area contributed by atoms with Crippen molar-refractivity contribution < 1.29 is 9.53 Å². The number of benzene rings is 1. The SMILES string of the molecule is CC(N)CC(=O)N1CCN(CCOc2ccccc2)CC1. The number of hydrogen-bond acceptors (Lipinski definition) is 4. The molecule has 1 aromatic rings. The van der Waals surface area contributed by atoms with Crippen molar-refractivity contribution in [1.82, 2.24) is 9.80 Å². The molecule has 0 radical (unpaired) electrons. The van der Waals surface area contributed by atoms with Crippen molar-refractivity contribution in [3.63, 3.8) is 0 Å². The number of carbonyl (C=O) groups excluding carboxylic acids is 1. The van der Waals surface area contributed by atoms with Gasteiger partial charge in [0.15, 0.2) is 0 Å². The van der Waals surface area contributed by atoms with E-state index in [1.54, 1.807) is 0 Å². The summed E-state index contributed by atoms with van der Waals surface area (Å²) >= 11 is 0. The summed E-state index contributed by atoms with van der Waals surface area (Å²) in [6.07, 6.45) is 0.442. The van der Waals surface area contributed by atoms with E-state index in [-0.39, 0.29) is 11.9 Å². The number of hydrogen-bond donors (Lipinski definition) is 1. The highest BCUT2D eigenvalue weighted by molar-refractivity contribution is 5.76.